The molecular weight excluding hydrogens is 326 g/mol. The molecule has 3 rings (SSSR count). The van der Waals surface area contributed by atoms with Crippen LogP contribution in [-0.2, 0) is 0 Å². The predicted octanol–water partition coefficient (Wildman–Crippen LogP) is 7.55. The van der Waals surface area contributed by atoms with Crippen molar-refractivity contribution in [1.29, 1.82) is 0 Å². The summed E-state index contributed by atoms with van der Waals surface area (Å²) in [5.74, 6) is 0.698. The fourth-order valence-corrected chi connectivity index (χ4v) is 3.97. The molecule has 2 unspecified atom stereocenters. The van der Waals surface area contributed by atoms with Crippen molar-refractivity contribution in [2.24, 2.45) is 5.92 Å². The summed E-state index contributed by atoms with van der Waals surface area (Å²) in [6.45, 7) is 8.45. The SMILES string of the molecule is C=Cc1ccc(N(c2ccccc2)C2C=CC(C(CC)CCC)=CC2)cc1. The number of hydrogen-bond acceptors (Lipinski definition) is 1. The first-order valence-corrected chi connectivity index (χ1v) is 10.2. The maximum Gasteiger partial charge on any atom is 0.0560 e. The van der Waals surface area contributed by atoms with Crippen LogP contribution in [-0.4, -0.2) is 6.04 Å². The summed E-state index contributed by atoms with van der Waals surface area (Å²) in [4.78, 5) is 2.44. The molecule has 0 radical (unpaired) electrons. The van der Waals surface area contributed by atoms with Gasteiger partial charge < -0.3 is 4.90 Å². The van der Waals surface area contributed by atoms with Gasteiger partial charge in [0.1, 0.15) is 0 Å². The summed E-state index contributed by atoms with van der Waals surface area (Å²) in [6.07, 6.45) is 13.9. The highest BCUT2D eigenvalue weighted by atomic mass is 15.2. The minimum atomic E-state index is 0.338. The van der Waals surface area contributed by atoms with E-state index in [-0.39, 0.29) is 0 Å². The molecule has 1 aliphatic carbocycles. The Morgan fingerprint density at radius 2 is 1.74 bits per heavy atom. The van der Waals surface area contributed by atoms with E-state index in [1.165, 1.54) is 36.2 Å². The third kappa shape index (κ3) is 4.60. The number of para-hydroxylation sites is 1. The summed E-state index contributed by atoms with van der Waals surface area (Å²) >= 11 is 0. The molecule has 2 aromatic rings. The fraction of sp³-hybridized carbons (Fsp3) is 0.308. The molecule has 0 bridgehead atoms. The average Bonchev–Trinajstić information content (AvgIpc) is 2.74. The van der Waals surface area contributed by atoms with Crippen LogP contribution in [0.15, 0.2) is 85.0 Å². The van der Waals surface area contributed by atoms with E-state index in [0.717, 1.165) is 12.0 Å². The Bertz CT molecular complexity index is 783. The van der Waals surface area contributed by atoms with Gasteiger partial charge in [-0.1, -0.05) is 81.5 Å². The summed E-state index contributed by atoms with van der Waals surface area (Å²) < 4.78 is 0. The molecule has 140 valence electrons. The molecule has 1 nitrogen and oxygen atoms in total. The van der Waals surface area contributed by atoms with Gasteiger partial charge >= 0.3 is 0 Å². The Kier molecular flexibility index (Phi) is 6.70. The second kappa shape index (κ2) is 9.41. The first-order valence-electron chi connectivity index (χ1n) is 10.2. The lowest BCUT2D eigenvalue weighted by atomic mass is 9.87. The third-order valence-electron chi connectivity index (χ3n) is 5.48. The second-order valence-corrected chi connectivity index (χ2v) is 7.26. The van der Waals surface area contributed by atoms with Crippen LogP contribution in [0.3, 0.4) is 0 Å². The largest absolute Gasteiger partial charge is 0.334 e. The zero-order chi connectivity index (χ0) is 19.1. The van der Waals surface area contributed by atoms with Crippen molar-refractivity contribution in [2.75, 3.05) is 4.90 Å². The van der Waals surface area contributed by atoms with Gasteiger partial charge in [-0.05, 0) is 60.6 Å². The standard InChI is InChI=1S/C26H31N/c1-4-10-22(6-3)23-15-19-26(20-16-23)27(24-11-8-7-9-12-24)25-17-13-21(5-2)14-18-25/h5,7-9,11-19,22,26H,2,4,6,10,20H2,1,3H3. The zero-order valence-corrected chi connectivity index (χ0v) is 16.6. The van der Waals surface area contributed by atoms with E-state index in [9.17, 15) is 0 Å². The van der Waals surface area contributed by atoms with E-state index in [1.54, 1.807) is 0 Å². The van der Waals surface area contributed by atoms with Crippen LogP contribution in [0.4, 0.5) is 11.4 Å². The second-order valence-electron chi connectivity index (χ2n) is 7.26. The Morgan fingerprint density at radius 1 is 1.04 bits per heavy atom. The molecule has 27 heavy (non-hydrogen) atoms. The highest BCUT2D eigenvalue weighted by Crippen LogP contribution is 2.33. The maximum atomic E-state index is 3.87. The average molecular weight is 358 g/mol. The monoisotopic (exact) mass is 357 g/mol. The number of benzene rings is 2. The molecule has 0 aliphatic heterocycles. The molecule has 0 aromatic heterocycles. The molecular formula is C26H31N. The van der Waals surface area contributed by atoms with Crippen LogP contribution in [0.5, 0.6) is 0 Å². The van der Waals surface area contributed by atoms with E-state index >= 15 is 0 Å². The van der Waals surface area contributed by atoms with E-state index in [4.69, 9.17) is 0 Å². The summed E-state index contributed by atoms with van der Waals surface area (Å²) in [5, 5.41) is 0. The topological polar surface area (TPSA) is 3.24 Å². The van der Waals surface area contributed by atoms with Gasteiger partial charge in [-0.3, -0.25) is 0 Å². The number of hydrogen-bond donors (Lipinski definition) is 0. The molecule has 0 saturated heterocycles. The van der Waals surface area contributed by atoms with Gasteiger partial charge in [0, 0.05) is 11.4 Å². The number of nitrogens with zero attached hydrogens (tertiary/aromatic N) is 1. The zero-order valence-electron chi connectivity index (χ0n) is 16.6. The van der Waals surface area contributed by atoms with Gasteiger partial charge in [-0.15, -0.1) is 0 Å². The minimum Gasteiger partial charge on any atom is -0.334 e. The van der Waals surface area contributed by atoms with E-state index in [0.29, 0.717) is 12.0 Å². The highest BCUT2D eigenvalue weighted by molar-refractivity contribution is 5.67. The van der Waals surface area contributed by atoms with Crippen molar-refractivity contribution in [3.05, 3.63) is 90.5 Å². The molecule has 1 aliphatic rings. The lowest BCUT2D eigenvalue weighted by molar-refractivity contribution is 0.538. The highest BCUT2D eigenvalue weighted by Gasteiger charge is 2.21. The predicted molar refractivity (Wildman–Crippen MR) is 119 cm³/mol. The molecule has 2 atom stereocenters. The number of allylic oxidation sites excluding steroid dienone is 2. The third-order valence-corrected chi connectivity index (χ3v) is 5.48. The van der Waals surface area contributed by atoms with Gasteiger partial charge in [0.25, 0.3) is 0 Å². The molecule has 0 N–H and O–H groups in total. The van der Waals surface area contributed by atoms with Crippen molar-refractivity contribution in [2.45, 2.75) is 45.6 Å². The van der Waals surface area contributed by atoms with Crippen molar-refractivity contribution in [1.82, 2.24) is 0 Å². The van der Waals surface area contributed by atoms with Crippen LogP contribution >= 0.6 is 0 Å². The molecule has 0 saturated carbocycles. The van der Waals surface area contributed by atoms with Gasteiger partial charge in [-0.2, -0.15) is 0 Å². The summed E-state index contributed by atoms with van der Waals surface area (Å²) in [6, 6.07) is 19.7. The van der Waals surface area contributed by atoms with Crippen LogP contribution in [0.25, 0.3) is 6.08 Å². The maximum absolute atomic E-state index is 3.87. The quantitative estimate of drug-likeness (QED) is 0.471. The fourth-order valence-electron chi connectivity index (χ4n) is 3.97. The number of anilines is 2. The van der Waals surface area contributed by atoms with E-state index < -0.39 is 0 Å². The van der Waals surface area contributed by atoms with Gasteiger partial charge in [-0.25, -0.2) is 0 Å². The minimum absolute atomic E-state index is 0.338. The Hall–Kier alpha value is -2.54. The van der Waals surface area contributed by atoms with Crippen molar-refractivity contribution < 1.29 is 0 Å². The Labute approximate surface area is 164 Å². The summed E-state index contributed by atoms with van der Waals surface area (Å²) in [5.41, 5.74) is 5.12. The Balaban J connectivity index is 1.87. The van der Waals surface area contributed by atoms with Gasteiger partial charge in [0.2, 0.25) is 0 Å². The first-order chi connectivity index (χ1) is 13.3. The van der Waals surface area contributed by atoms with Gasteiger partial charge in [0.15, 0.2) is 0 Å². The molecule has 0 fully saturated rings. The van der Waals surface area contributed by atoms with Crippen LogP contribution in [0.1, 0.15) is 45.1 Å². The molecule has 1 heteroatoms. The van der Waals surface area contributed by atoms with E-state index in [2.05, 4.69) is 98.2 Å². The lowest BCUT2D eigenvalue weighted by Gasteiger charge is -2.34. The van der Waals surface area contributed by atoms with Crippen LogP contribution < -0.4 is 4.90 Å². The van der Waals surface area contributed by atoms with Crippen LogP contribution in [0.2, 0.25) is 0 Å². The molecule has 0 heterocycles. The normalized spacial score (nSPS) is 17.3. The molecule has 0 spiro atoms. The first kappa shape index (κ1) is 19.2. The lowest BCUT2D eigenvalue weighted by Crippen LogP contribution is -2.30. The van der Waals surface area contributed by atoms with Gasteiger partial charge in [0.05, 0.1) is 6.04 Å². The van der Waals surface area contributed by atoms with Crippen LogP contribution in [0, 0.1) is 5.92 Å². The van der Waals surface area contributed by atoms with Crippen molar-refractivity contribution >= 4 is 17.5 Å². The number of rotatable bonds is 8. The van der Waals surface area contributed by atoms with Crippen molar-refractivity contribution in [3.8, 4) is 0 Å². The summed E-state index contributed by atoms with van der Waals surface area (Å²) in [7, 11) is 0. The molecule has 2 aromatic carbocycles. The molecule has 0 amide bonds. The van der Waals surface area contributed by atoms with Crippen molar-refractivity contribution in [3.63, 3.8) is 0 Å². The Morgan fingerprint density at radius 3 is 2.30 bits per heavy atom. The van der Waals surface area contributed by atoms with E-state index in [1.807, 2.05) is 6.08 Å². The smallest absolute Gasteiger partial charge is 0.0560 e.